The van der Waals surface area contributed by atoms with Crippen LogP contribution in [-0.4, -0.2) is 38.1 Å². The molecule has 5 heteroatoms. The van der Waals surface area contributed by atoms with E-state index in [0.717, 1.165) is 6.08 Å². The Bertz CT molecular complexity index is 447. The van der Waals surface area contributed by atoms with Crippen LogP contribution in [0.2, 0.25) is 0 Å². The fraction of sp³-hybridized carbons (Fsp3) is 0.500. The molecular formula is C14H20O5. The Hall–Kier alpha value is -1.59. The molecule has 0 saturated heterocycles. The first-order valence-electron chi connectivity index (χ1n) is 6.00. The summed E-state index contributed by atoms with van der Waals surface area (Å²) in [6.07, 6.45) is 3.20. The van der Waals surface area contributed by atoms with Crippen molar-refractivity contribution in [2.75, 3.05) is 0 Å². The third-order valence-corrected chi connectivity index (χ3v) is 3.57. The Labute approximate surface area is 112 Å². The summed E-state index contributed by atoms with van der Waals surface area (Å²) in [4.78, 5) is 10.4. The van der Waals surface area contributed by atoms with Crippen LogP contribution >= 0.6 is 0 Å². The average molecular weight is 268 g/mol. The van der Waals surface area contributed by atoms with Gasteiger partial charge in [0.2, 0.25) is 0 Å². The van der Waals surface area contributed by atoms with Crippen molar-refractivity contribution < 1.29 is 25.2 Å². The van der Waals surface area contributed by atoms with Gasteiger partial charge in [-0.15, -0.1) is 0 Å². The maximum Gasteiger partial charge on any atom is 0.332 e. The molecule has 0 heterocycles. The molecule has 4 N–H and O–H groups in total. The molecule has 0 aromatic heterocycles. The zero-order valence-corrected chi connectivity index (χ0v) is 11.1. The van der Waals surface area contributed by atoms with Gasteiger partial charge in [-0.05, 0) is 30.6 Å². The first-order valence-corrected chi connectivity index (χ1v) is 6.00. The molecule has 5 nitrogen and oxygen atoms in total. The predicted molar refractivity (Wildman–Crippen MR) is 70.6 cm³/mol. The summed E-state index contributed by atoms with van der Waals surface area (Å²) >= 11 is 0. The maximum absolute atomic E-state index is 10.7. The molecule has 1 aliphatic carbocycles. The van der Waals surface area contributed by atoms with Gasteiger partial charge in [0.1, 0.15) is 11.4 Å². The summed E-state index contributed by atoms with van der Waals surface area (Å²) in [5.74, 6) is -1.73. The van der Waals surface area contributed by atoms with Gasteiger partial charge in [-0.2, -0.15) is 0 Å². The number of rotatable bonds is 3. The maximum atomic E-state index is 10.7. The molecule has 0 bridgehead atoms. The van der Waals surface area contributed by atoms with Gasteiger partial charge in [0.25, 0.3) is 0 Å². The van der Waals surface area contributed by atoms with Crippen molar-refractivity contribution >= 4 is 5.97 Å². The first-order chi connectivity index (χ1) is 8.58. The van der Waals surface area contributed by atoms with Crippen LogP contribution < -0.4 is 0 Å². The van der Waals surface area contributed by atoms with Crippen LogP contribution in [0.4, 0.5) is 0 Å². The van der Waals surface area contributed by atoms with Gasteiger partial charge < -0.3 is 20.4 Å². The van der Waals surface area contributed by atoms with E-state index in [2.05, 4.69) is 6.58 Å². The van der Waals surface area contributed by atoms with Gasteiger partial charge in [-0.1, -0.05) is 20.4 Å². The SMILES string of the molecule is C=C1CC(O)CC(C)(C)[C@@]1(O)/C=C/C(O)=C\C(=O)O. The number of hydrogen-bond acceptors (Lipinski definition) is 4. The lowest BCUT2D eigenvalue weighted by Crippen LogP contribution is -2.50. The van der Waals surface area contributed by atoms with E-state index in [1.54, 1.807) is 13.8 Å². The van der Waals surface area contributed by atoms with E-state index in [1.807, 2.05) is 0 Å². The Morgan fingerprint density at radius 1 is 1.42 bits per heavy atom. The summed E-state index contributed by atoms with van der Waals surface area (Å²) in [6, 6.07) is 0. The van der Waals surface area contributed by atoms with Crippen molar-refractivity contribution in [1.82, 2.24) is 0 Å². The standard InChI is InChI=1S/C14H20O5/c1-9-6-11(16)8-13(2,3)14(9,19)5-4-10(15)7-12(17)18/h4-5,7,11,15-16,19H,1,6,8H2,2-3H3,(H,17,18)/b5-4+,10-7+/t11?,14-/m1/s1. The van der Waals surface area contributed by atoms with Gasteiger partial charge in [0.05, 0.1) is 12.2 Å². The average Bonchev–Trinajstić information content (AvgIpc) is 2.21. The molecule has 1 unspecified atom stereocenters. The second-order valence-corrected chi connectivity index (χ2v) is 5.56. The van der Waals surface area contributed by atoms with Gasteiger partial charge in [0, 0.05) is 5.41 Å². The van der Waals surface area contributed by atoms with E-state index in [9.17, 15) is 20.1 Å². The lowest BCUT2D eigenvalue weighted by atomic mass is 9.62. The van der Waals surface area contributed by atoms with Crippen LogP contribution in [0.1, 0.15) is 26.7 Å². The van der Waals surface area contributed by atoms with E-state index in [1.165, 1.54) is 6.08 Å². The van der Waals surface area contributed by atoms with Gasteiger partial charge in [0.15, 0.2) is 0 Å². The zero-order chi connectivity index (χ0) is 14.8. The van der Waals surface area contributed by atoms with Crippen molar-refractivity contribution in [3.8, 4) is 0 Å². The third-order valence-electron chi connectivity index (χ3n) is 3.57. The van der Waals surface area contributed by atoms with Crippen LogP contribution in [0.15, 0.2) is 36.1 Å². The fourth-order valence-electron chi connectivity index (χ4n) is 2.46. The normalized spacial score (nSPS) is 31.7. The highest BCUT2D eigenvalue weighted by molar-refractivity contribution is 5.80. The Kier molecular flexibility index (Phi) is 4.22. The number of aliphatic carboxylic acids is 1. The van der Waals surface area contributed by atoms with Crippen LogP contribution in [-0.2, 0) is 4.79 Å². The lowest BCUT2D eigenvalue weighted by Gasteiger charge is -2.47. The number of carbonyl (C=O) groups is 1. The molecule has 1 fully saturated rings. The van der Waals surface area contributed by atoms with Crippen LogP contribution in [0, 0.1) is 5.41 Å². The second-order valence-electron chi connectivity index (χ2n) is 5.56. The van der Waals surface area contributed by atoms with Crippen molar-refractivity contribution in [3.63, 3.8) is 0 Å². The molecule has 1 rings (SSSR count). The van der Waals surface area contributed by atoms with Crippen molar-refractivity contribution in [2.24, 2.45) is 5.41 Å². The van der Waals surface area contributed by atoms with Gasteiger partial charge in [-0.3, -0.25) is 0 Å². The molecule has 0 aliphatic heterocycles. The van der Waals surface area contributed by atoms with Crippen LogP contribution in [0.3, 0.4) is 0 Å². The third kappa shape index (κ3) is 3.24. The van der Waals surface area contributed by atoms with Gasteiger partial charge in [-0.25, -0.2) is 4.79 Å². The highest BCUT2D eigenvalue weighted by Crippen LogP contribution is 2.47. The number of hydrogen-bond donors (Lipinski definition) is 4. The summed E-state index contributed by atoms with van der Waals surface area (Å²) in [7, 11) is 0. The van der Waals surface area contributed by atoms with Crippen molar-refractivity contribution in [2.45, 2.75) is 38.4 Å². The molecule has 1 aliphatic rings. The molecule has 1 saturated carbocycles. The molecule has 0 spiro atoms. The Morgan fingerprint density at radius 2 is 2.00 bits per heavy atom. The quantitative estimate of drug-likeness (QED) is 0.269. The number of carboxylic acid groups (broad SMARTS) is 1. The first kappa shape index (κ1) is 15.5. The smallest absolute Gasteiger partial charge is 0.332 e. The summed E-state index contributed by atoms with van der Waals surface area (Å²) in [5, 5.41) is 38.3. The minimum absolute atomic E-state index is 0.272. The topological polar surface area (TPSA) is 98.0 Å². The van der Waals surface area contributed by atoms with E-state index < -0.39 is 28.8 Å². The van der Waals surface area contributed by atoms with Crippen molar-refractivity contribution in [1.29, 1.82) is 0 Å². The predicted octanol–water partition coefficient (Wildman–Crippen LogP) is 1.54. The number of allylic oxidation sites excluding steroid dienone is 1. The Balaban J connectivity index is 3.05. The van der Waals surface area contributed by atoms with Gasteiger partial charge >= 0.3 is 5.97 Å². The van der Waals surface area contributed by atoms with Crippen molar-refractivity contribution in [3.05, 3.63) is 36.1 Å². The number of carboxylic acids is 1. The molecule has 106 valence electrons. The van der Waals surface area contributed by atoms with E-state index >= 15 is 0 Å². The van der Waals surface area contributed by atoms with E-state index in [-0.39, 0.29) is 6.42 Å². The second kappa shape index (κ2) is 5.19. The molecule has 2 atom stereocenters. The van der Waals surface area contributed by atoms with E-state index in [4.69, 9.17) is 5.11 Å². The largest absolute Gasteiger partial charge is 0.508 e. The molecule has 0 aromatic rings. The summed E-state index contributed by atoms with van der Waals surface area (Å²) in [6.45, 7) is 7.33. The lowest BCUT2D eigenvalue weighted by molar-refractivity contribution is -0.131. The molecule has 19 heavy (non-hydrogen) atoms. The summed E-state index contributed by atoms with van der Waals surface area (Å²) < 4.78 is 0. The number of aliphatic hydroxyl groups excluding tert-OH is 2. The van der Waals surface area contributed by atoms with E-state index in [0.29, 0.717) is 18.1 Å². The number of aliphatic hydroxyl groups is 3. The summed E-state index contributed by atoms with van der Waals surface area (Å²) in [5.41, 5.74) is -1.62. The highest BCUT2D eigenvalue weighted by Gasteiger charge is 2.48. The van der Waals surface area contributed by atoms with Crippen LogP contribution in [0.25, 0.3) is 0 Å². The Morgan fingerprint density at radius 3 is 2.47 bits per heavy atom. The highest BCUT2D eigenvalue weighted by atomic mass is 16.4. The molecule has 0 amide bonds. The fourth-order valence-corrected chi connectivity index (χ4v) is 2.46. The molecule has 0 aromatic carbocycles. The minimum Gasteiger partial charge on any atom is -0.508 e. The molecular weight excluding hydrogens is 248 g/mol. The minimum atomic E-state index is -1.40. The van der Waals surface area contributed by atoms with Crippen LogP contribution in [0.5, 0.6) is 0 Å². The zero-order valence-electron chi connectivity index (χ0n) is 11.1. The molecule has 0 radical (unpaired) electrons. The monoisotopic (exact) mass is 268 g/mol.